The number of aromatic nitrogens is 1. The van der Waals surface area contributed by atoms with Gasteiger partial charge in [0.25, 0.3) is 0 Å². The standard InChI is InChI=1S/C19H32N4O2S.HI/c1-3-20-19(21-9-6-18-22-13-15(2)26-18)23-10-7-16(8-11-23)25-14-17-5-4-12-24-17;/h13,16-17H,3-12,14H2,1-2H3,(H,20,21);1H. The van der Waals surface area contributed by atoms with Crippen LogP contribution in [0.25, 0.3) is 0 Å². The molecule has 154 valence electrons. The number of aryl methyl sites for hydroxylation is 1. The smallest absolute Gasteiger partial charge is 0.193 e. The molecule has 8 heteroatoms. The van der Waals surface area contributed by atoms with Gasteiger partial charge in [0, 0.05) is 50.3 Å². The maximum absolute atomic E-state index is 6.08. The number of nitrogens with zero attached hydrogens (tertiary/aromatic N) is 3. The van der Waals surface area contributed by atoms with E-state index in [1.54, 1.807) is 11.3 Å². The average Bonchev–Trinajstić information content (AvgIpc) is 3.31. The van der Waals surface area contributed by atoms with Gasteiger partial charge in [-0.2, -0.15) is 0 Å². The lowest BCUT2D eigenvalue weighted by Gasteiger charge is -2.34. The SMILES string of the molecule is CCNC(=NCCc1ncc(C)s1)N1CCC(OCC2CCCO2)CC1.I. The van der Waals surface area contributed by atoms with E-state index in [9.17, 15) is 0 Å². The first-order valence-electron chi connectivity index (χ1n) is 9.92. The summed E-state index contributed by atoms with van der Waals surface area (Å²) in [5.41, 5.74) is 0. The summed E-state index contributed by atoms with van der Waals surface area (Å²) >= 11 is 1.76. The van der Waals surface area contributed by atoms with Crippen LogP contribution in [-0.4, -0.2) is 67.4 Å². The number of piperidine rings is 1. The number of thiazole rings is 1. The molecular weight excluding hydrogens is 475 g/mol. The van der Waals surface area contributed by atoms with Gasteiger partial charge in [-0.25, -0.2) is 4.98 Å². The minimum absolute atomic E-state index is 0. The van der Waals surface area contributed by atoms with E-state index < -0.39 is 0 Å². The first-order valence-corrected chi connectivity index (χ1v) is 10.7. The Hall–Kier alpha value is -0.450. The van der Waals surface area contributed by atoms with E-state index in [0.717, 1.165) is 71.0 Å². The quantitative estimate of drug-likeness (QED) is 0.348. The van der Waals surface area contributed by atoms with E-state index in [4.69, 9.17) is 14.5 Å². The highest BCUT2D eigenvalue weighted by Crippen LogP contribution is 2.18. The molecule has 2 fully saturated rings. The molecule has 0 amide bonds. The van der Waals surface area contributed by atoms with Crippen molar-refractivity contribution in [1.29, 1.82) is 0 Å². The molecule has 1 N–H and O–H groups in total. The van der Waals surface area contributed by atoms with Crippen molar-refractivity contribution in [3.8, 4) is 0 Å². The third-order valence-electron chi connectivity index (χ3n) is 4.87. The molecular formula is C19H33IN4O2S. The van der Waals surface area contributed by atoms with E-state index in [0.29, 0.717) is 12.2 Å². The molecule has 2 aliphatic rings. The van der Waals surface area contributed by atoms with E-state index in [2.05, 4.69) is 29.0 Å². The summed E-state index contributed by atoms with van der Waals surface area (Å²) in [6.45, 7) is 9.55. The second-order valence-corrected chi connectivity index (χ2v) is 8.32. The molecule has 1 aromatic rings. The highest BCUT2D eigenvalue weighted by atomic mass is 127. The Morgan fingerprint density at radius 1 is 1.41 bits per heavy atom. The molecule has 0 saturated carbocycles. The lowest BCUT2D eigenvalue weighted by atomic mass is 10.1. The van der Waals surface area contributed by atoms with Crippen LogP contribution in [0.15, 0.2) is 11.2 Å². The van der Waals surface area contributed by atoms with Crippen molar-refractivity contribution in [2.75, 3.05) is 39.4 Å². The molecule has 3 heterocycles. The van der Waals surface area contributed by atoms with Gasteiger partial charge in [0.15, 0.2) is 5.96 Å². The normalized spacial score (nSPS) is 21.3. The molecule has 0 bridgehead atoms. The van der Waals surface area contributed by atoms with Crippen LogP contribution >= 0.6 is 35.3 Å². The van der Waals surface area contributed by atoms with E-state index in [1.165, 1.54) is 16.3 Å². The van der Waals surface area contributed by atoms with Crippen molar-refractivity contribution >= 4 is 41.3 Å². The monoisotopic (exact) mass is 508 g/mol. The highest BCUT2D eigenvalue weighted by Gasteiger charge is 2.24. The number of guanidine groups is 1. The minimum Gasteiger partial charge on any atom is -0.376 e. The summed E-state index contributed by atoms with van der Waals surface area (Å²) in [6.07, 6.45) is 7.97. The van der Waals surface area contributed by atoms with E-state index in [-0.39, 0.29) is 24.0 Å². The zero-order valence-corrected chi connectivity index (χ0v) is 19.6. The number of rotatable bonds is 7. The van der Waals surface area contributed by atoms with Gasteiger partial charge in [0.1, 0.15) is 0 Å². The van der Waals surface area contributed by atoms with Crippen LogP contribution in [0, 0.1) is 6.92 Å². The lowest BCUT2D eigenvalue weighted by Crippen LogP contribution is -2.47. The van der Waals surface area contributed by atoms with Crippen LogP contribution in [0.2, 0.25) is 0 Å². The zero-order valence-electron chi connectivity index (χ0n) is 16.5. The molecule has 0 aromatic carbocycles. The van der Waals surface area contributed by atoms with Crippen molar-refractivity contribution in [3.63, 3.8) is 0 Å². The summed E-state index contributed by atoms with van der Waals surface area (Å²) in [6, 6.07) is 0. The molecule has 27 heavy (non-hydrogen) atoms. The molecule has 1 atom stereocenters. The minimum atomic E-state index is 0. The molecule has 1 aromatic heterocycles. The first-order chi connectivity index (χ1) is 12.7. The Balaban J connectivity index is 0.00000261. The number of hydrogen-bond acceptors (Lipinski definition) is 5. The maximum Gasteiger partial charge on any atom is 0.193 e. The van der Waals surface area contributed by atoms with Gasteiger partial charge in [0.2, 0.25) is 0 Å². The van der Waals surface area contributed by atoms with Gasteiger partial charge in [-0.1, -0.05) is 0 Å². The fraction of sp³-hybridized carbons (Fsp3) is 0.789. The molecule has 0 aliphatic carbocycles. The molecule has 0 radical (unpaired) electrons. The van der Waals surface area contributed by atoms with Gasteiger partial charge in [0.05, 0.1) is 23.8 Å². The highest BCUT2D eigenvalue weighted by molar-refractivity contribution is 14.0. The fourth-order valence-corrected chi connectivity index (χ4v) is 4.23. The molecule has 2 saturated heterocycles. The summed E-state index contributed by atoms with van der Waals surface area (Å²) in [4.78, 5) is 12.9. The van der Waals surface area contributed by atoms with Gasteiger partial charge in [-0.05, 0) is 39.5 Å². The third-order valence-corrected chi connectivity index (χ3v) is 5.85. The number of nitrogens with one attached hydrogen (secondary N) is 1. The van der Waals surface area contributed by atoms with Crippen molar-refractivity contribution in [1.82, 2.24) is 15.2 Å². The fourth-order valence-electron chi connectivity index (χ4n) is 3.45. The van der Waals surface area contributed by atoms with E-state index >= 15 is 0 Å². The van der Waals surface area contributed by atoms with Crippen LogP contribution < -0.4 is 5.32 Å². The van der Waals surface area contributed by atoms with Crippen molar-refractivity contribution in [2.45, 2.75) is 58.2 Å². The lowest BCUT2D eigenvalue weighted by molar-refractivity contribution is -0.0367. The molecule has 0 spiro atoms. The van der Waals surface area contributed by atoms with E-state index in [1.807, 2.05) is 6.20 Å². The average molecular weight is 508 g/mol. The topological polar surface area (TPSA) is 59.0 Å². The van der Waals surface area contributed by atoms with Gasteiger partial charge in [-0.3, -0.25) is 4.99 Å². The zero-order chi connectivity index (χ0) is 18.2. The second-order valence-electron chi connectivity index (χ2n) is 7.01. The van der Waals surface area contributed by atoms with Crippen LogP contribution in [0.3, 0.4) is 0 Å². The van der Waals surface area contributed by atoms with Crippen molar-refractivity contribution in [2.24, 2.45) is 4.99 Å². The van der Waals surface area contributed by atoms with Gasteiger partial charge < -0.3 is 19.7 Å². The second kappa shape index (κ2) is 12.2. The number of ether oxygens (including phenoxy) is 2. The number of hydrogen-bond donors (Lipinski definition) is 1. The Kier molecular flexibility index (Phi) is 10.3. The number of aliphatic imine (C=N–C) groups is 1. The van der Waals surface area contributed by atoms with Crippen molar-refractivity contribution < 1.29 is 9.47 Å². The number of likely N-dealkylation sites (tertiary alicyclic amines) is 1. The predicted octanol–water partition coefficient (Wildman–Crippen LogP) is 3.24. The van der Waals surface area contributed by atoms with Crippen molar-refractivity contribution in [3.05, 3.63) is 16.1 Å². The molecule has 1 unspecified atom stereocenters. The van der Waals surface area contributed by atoms with Gasteiger partial charge >= 0.3 is 0 Å². The summed E-state index contributed by atoms with van der Waals surface area (Å²) in [5.74, 6) is 1.03. The summed E-state index contributed by atoms with van der Waals surface area (Å²) in [7, 11) is 0. The van der Waals surface area contributed by atoms with Crippen LogP contribution in [0.4, 0.5) is 0 Å². The summed E-state index contributed by atoms with van der Waals surface area (Å²) < 4.78 is 11.7. The van der Waals surface area contributed by atoms with Crippen LogP contribution in [-0.2, 0) is 15.9 Å². The van der Waals surface area contributed by atoms with Crippen LogP contribution in [0.1, 0.15) is 42.5 Å². The first kappa shape index (κ1) is 22.8. The number of halogens is 1. The Morgan fingerprint density at radius 2 is 2.22 bits per heavy atom. The molecule has 3 rings (SSSR count). The largest absolute Gasteiger partial charge is 0.376 e. The maximum atomic E-state index is 6.08. The Bertz CT molecular complexity index is 570. The third kappa shape index (κ3) is 7.47. The molecule has 2 aliphatic heterocycles. The predicted molar refractivity (Wildman–Crippen MR) is 121 cm³/mol. The molecule has 6 nitrogen and oxygen atoms in total. The summed E-state index contributed by atoms with van der Waals surface area (Å²) in [5, 5.41) is 4.60. The Morgan fingerprint density at radius 3 is 2.85 bits per heavy atom. The van der Waals surface area contributed by atoms with Gasteiger partial charge in [-0.15, -0.1) is 35.3 Å². The Labute approximate surface area is 184 Å². The van der Waals surface area contributed by atoms with Crippen LogP contribution in [0.5, 0.6) is 0 Å².